The Morgan fingerprint density at radius 3 is 1.65 bits per heavy atom. The first-order chi connectivity index (χ1) is 29.7. The molecule has 0 N–H and O–H groups in total. The van der Waals surface area contributed by atoms with E-state index >= 15 is 0 Å². The number of rotatable bonds is 8. The van der Waals surface area contributed by atoms with Crippen LogP contribution in [0.5, 0.6) is 0 Å². The molecule has 0 radical (unpaired) electrons. The van der Waals surface area contributed by atoms with Crippen LogP contribution in [0.2, 0.25) is 0 Å². The Morgan fingerprint density at radius 1 is 0.417 bits per heavy atom. The number of benzene rings is 8. The summed E-state index contributed by atoms with van der Waals surface area (Å²) < 4.78 is 7.26. The number of hydrogen-bond acceptors (Lipinski definition) is 2. The summed E-state index contributed by atoms with van der Waals surface area (Å²) >= 11 is 0. The number of fused-ring (bicyclic) bond motifs is 5. The molecule has 1 unspecified atom stereocenters. The first-order valence-electron chi connectivity index (χ1n) is 21.1. The number of hydrogen-bond donors (Lipinski definition) is 0. The average molecular weight is 770 g/mol. The number of allylic oxidation sites excluding steroid dienone is 6. The lowest BCUT2D eigenvalue weighted by atomic mass is 9.93. The molecular weight excluding hydrogens is 727 g/mol. The lowest BCUT2D eigenvalue weighted by Crippen LogP contribution is -2.30. The van der Waals surface area contributed by atoms with Gasteiger partial charge in [0.1, 0.15) is 5.58 Å². The Hall–Kier alpha value is -7.42. The van der Waals surface area contributed by atoms with Gasteiger partial charge in [-0.2, -0.15) is 0 Å². The van der Waals surface area contributed by atoms with Crippen LogP contribution in [0.1, 0.15) is 30.4 Å². The normalized spacial score (nSPS) is 15.0. The maximum absolute atomic E-state index is 7.26. The minimum absolute atomic E-state index is 0.0425. The Balaban J connectivity index is 1.14. The van der Waals surface area contributed by atoms with Crippen LogP contribution in [-0.2, 0) is 0 Å². The van der Waals surface area contributed by atoms with Crippen LogP contribution >= 0.6 is 0 Å². The fourth-order valence-corrected chi connectivity index (χ4v) is 9.17. The first-order valence-corrected chi connectivity index (χ1v) is 21.1. The summed E-state index contributed by atoms with van der Waals surface area (Å²) in [4.78, 5) is 2.51. The molecular formula is C58H43NO. The summed E-state index contributed by atoms with van der Waals surface area (Å²) in [5, 5.41) is 4.51. The van der Waals surface area contributed by atoms with Crippen LogP contribution < -0.4 is 4.90 Å². The van der Waals surface area contributed by atoms with Gasteiger partial charge in [-0.25, -0.2) is 0 Å². The molecule has 0 spiro atoms. The van der Waals surface area contributed by atoms with Gasteiger partial charge in [-0.3, -0.25) is 0 Å². The zero-order chi connectivity index (χ0) is 39.8. The molecule has 0 saturated carbocycles. The molecule has 8 aromatic carbocycles. The third-order valence-corrected chi connectivity index (χ3v) is 12.2. The minimum atomic E-state index is 0.0425. The molecule has 2 heteroatoms. The Bertz CT molecular complexity index is 3130. The monoisotopic (exact) mass is 769 g/mol. The van der Waals surface area contributed by atoms with Gasteiger partial charge in [0, 0.05) is 21.8 Å². The highest BCUT2D eigenvalue weighted by Crippen LogP contribution is 2.47. The molecule has 0 fully saturated rings. The van der Waals surface area contributed by atoms with Crippen molar-refractivity contribution >= 4 is 55.2 Å². The fraction of sp³-hybridized carbons (Fsp3) is 0.0690. The zero-order valence-electron chi connectivity index (χ0n) is 33.3. The van der Waals surface area contributed by atoms with Crippen molar-refractivity contribution in [1.82, 2.24) is 0 Å². The van der Waals surface area contributed by atoms with Gasteiger partial charge in [0.2, 0.25) is 0 Å². The molecule has 0 aliphatic heterocycles. The lowest BCUT2D eigenvalue weighted by molar-refractivity contribution is 0.668. The van der Waals surface area contributed by atoms with Crippen molar-refractivity contribution < 1.29 is 4.42 Å². The summed E-state index contributed by atoms with van der Waals surface area (Å²) in [5.74, 6) is 0. The van der Waals surface area contributed by atoms with Crippen LogP contribution in [0.3, 0.4) is 0 Å². The van der Waals surface area contributed by atoms with Crippen LogP contribution in [0.4, 0.5) is 11.4 Å². The van der Waals surface area contributed by atoms with Gasteiger partial charge in [-0.15, -0.1) is 0 Å². The van der Waals surface area contributed by atoms with Gasteiger partial charge in [0.05, 0.1) is 11.7 Å². The van der Waals surface area contributed by atoms with Crippen molar-refractivity contribution in [3.8, 4) is 33.4 Å². The number of nitrogens with zero attached hydrogens (tertiary/aromatic N) is 1. The molecule has 1 atom stereocenters. The highest BCUT2D eigenvalue weighted by molar-refractivity contribution is 6.21. The third-order valence-electron chi connectivity index (χ3n) is 12.2. The predicted molar refractivity (Wildman–Crippen MR) is 254 cm³/mol. The molecule has 2 aliphatic rings. The molecule has 1 heterocycles. The van der Waals surface area contributed by atoms with E-state index in [1.807, 2.05) is 0 Å². The second kappa shape index (κ2) is 15.4. The summed E-state index contributed by atoms with van der Waals surface area (Å²) in [5.41, 5.74) is 16.1. The van der Waals surface area contributed by atoms with Gasteiger partial charge in [-0.05, 0) is 111 Å². The van der Waals surface area contributed by atoms with E-state index in [2.05, 4.69) is 223 Å². The molecule has 286 valence electrons. The predicted octanol–water partition coefficient (Wildman–Crippen LogP) is 16.0. The van der Waals surface area contributed by atoms with Crippen molar-refractivity contribution in [3.63, 3.8) is 0 Å². The van der Waals surface area contributed by atoms with E-state index in [0.29, 0.717) is 0 Å². The van der Waals surface area contributed by atoms with E-state index in [4.69, 9.17) is 4.42 Å². The largest absolute Gasteiger partial charge is 0.453 e. The van der Waals surface area contributed by atoms with Crippen LogP contribution in [0.15, 0.2) is 223 Å². The fourth-order valence-electron chi connectivity index (χ4n) is 9.17. The molecule has 60 heavy (non-hydrogen) atoms. The van der Waals surface area contributed by atoms with E-state index in [-0.39, 0.29) is 6.04 Å². The summed E-state index contributed by atoms with van der Waals surface area (Å²) in [6, 6.07) is 66.0. The SMILES string of the molecule is C1=CC(c2ccc(N(c3cc(-c4ccc(-c5ccccc5)cc4)cc4c3oc3c5ccccc5c(-c5ccccc5)cc43)C3C=CC(c4ccccc4)=CC3)cc2)=CCC1. The number of anilines is 2. The maximum atomic E-state index is 7.26. The topological polar surface area (TPSA) is 16.4 Å². The smallest absolute Gasteiger partial charge is 0.159 e. The third kappa shape index (κ3) is 6.57. The standard InChI is InChI=1S/C58H43NO/c1-5-15-40(16-6-1)43-25-27-46(28-26-43)48-37-54-55-39-53(47-21-11-4-12-22-47)51-23-13-14-24-52(51)57(55)60-58(54)56(38-48)59(49-33-29-44(30-34-49)41-17-7-2-8-18-41)50-35-31-45(32-36-50)42-19-9-3-10-20-42/h1-2,4-9,11-33,35-39,49H,3,10,34H2. The second-order valence-electron chi connectivity index (χ2n) is 15.9. The van der Waals surface area contributed by atoms with E-state index in [9.17, 15) is 0 Å². The zero-order valence-corrected chi connectivity index (χ0v) is 33.3. The molecule has 9 aromatic rings. The highest BCUT2D eigenvalue weighted by atomic mass is 16.3. The highest BCUT2D eigenvalue weighted by Gasteiger charge is 2.27. The summed E-state index contributed by atoms with van der Waals surface area (Å²) in [6.07, 6.45) is 17.0. The van der Waals surface area contributed by atoms with Crippen molar-refractivity contribution in [3.05, 3.63) is 230 Å². The van der Waals surface area contributed by atoms with Crippen molar-refractivity contribution in [2.45, 2.75) is 25.3 Å². The van der Waals surface area contributed by atoms with Gasteiger partial charge >= 0.3 is 0 Å². The van der Waals surface area contributed by atoms with Gasteiger partial charge in [0.25, 0.3) is 0 Å². The van der Waals surface area contributed by atoms with E-state index in [0.717, 1.165) is 69.1 Å². The lowest BCUT2D eigenvalue weighted by Gasteiger charge is -2.33. The van der Waals surface area contributed by atoms with Crippen molar-refractivity contribution in [2.75, 3.05) is 4.90 Å². The molecule has 0 amide bonds. The quantitative estimate of drug-likeness (QED) is 0.153. The Labute approximate surface area is 351 Å². The molecule has 0 bridgehead atoms. The molecule has 2 nitrogen and oxygen atoms in total. The van der Waals surface area contributed by atoms with Crippen LogP contribution in [0, 0.1) is 0 Å². The second-order valence-corrected chi connectivity index (χ2v) is 15.9. The van der Waals surface area contributed by atoms with Gasteiger partial charge in [-0.1, -0.05) is 188 Å². The summed E-state index contributed by atoms with van der Waals surface area (Å²) in [7, 11) is 0. The molecule has 11 rings (SSSR count). The van der Waals surface area contributed by atoms with Crippen molar-refractivity contribution in [1.29, 1.82) is 0 Å². The van der Waals surface area contributed by atoms with Crippen molar-refractivity contribution in [2.24, 2.45) is 0 Å². The summed E-state index contributed by atoms with van der Waals surface area (Å²) in [6.45, 7) is 0. The average Bonchev–Trinajstić information content (AvgIpc) is 3.72. The molecule has 0 saturated heterocycles. The van der Waals surface area contributed by atoms with E-state index in [1.54, 1.807) is 0 Å². The van der Waals surface area contributed by atoms with Gasteiger partial charge < -0.3 is 9.32 Å². The Morgan fingerprint density at radius 2 is 0.983 bits per heavy atom. The van der Waals surface area contributed by atoms with E-state index < -0.39 is 0 Å². The van der Waals surface area contributed by atoms with E-state index in [1.165, 1.54) is 49.9 Å². The molecule has 2 aliphatic carbocycles. The van der Waals surface area contributed by atoms with Crippen LogP contribution in [-0.4, -0.2) is 6.04 Å². The van der Waals surface area contributed by atoms with Crippen LogP contribution in [0.25, 0.3) is 77.2 Å². The van der Waals surface area contributed by atoms with Gasteiger partial charge in [0.15, 0.2) is 5.58 Å². The first kappa shape index (κ1) is 35.7. The maximum Gasteiger partial charge on any atom is 0.159 e. The minimum Gasteiger partial charge on any atom is -0.453 e. The Kier molecular flexibility index (Phi) is 9.17. The molecule has 1 aromatic heterocycles. The number of furan rings is 1.